The summed E-state index contributed by atoms with van der Waals surface area (Å²) in [6.07, 6.45) is 9.99. The van der Waals surface area contributed by atoms with Gasteiger partial charge in [0.05, 0.1) is 6.54 Å². The minimum atomic E-state index is -0.490. The fourth-order valence-electron chi connectivity index (χ4n) is 4.01. The molecule has 0 saturated heterocycles. The average Bonchev–Trinajstić information content (AvgIpc) is 3.48. The second-order valence-corrected chi connectivity index (χ2v) is 7.79. The number of hydrogen-bond acceptors (Lipinski definition) is 7. The van der Waals surface area contributed by atoms with E-state index in [-0.39, 0.29) is 31.2 Å². The number of nitrogens with zero attached hydrogens (tertiary/aromatic N) is 4. The zero-order valence-electron chi connectivity index (χ0n) is 17.7. The molecule has 1 atom stereocenters. The first-order chi connectivity index (χ1) is 15.7. The molecule has 1 aromatic heterocycles. The van der Waals surface area contributed by atoms with Gasteiger partial charge in [-0.15, -0.1) is 0 Å². The van der Waals surface area contributed by atoms with E-state index in [9.17, 15) is 9.59 Å². The van der Waals surface area contributed by atoms with Crippen LogP contribution in [0, 0.1) is 5.92 Å². The first-order valence-corrected chi connectivity index (χ1v) is 10.7. The summed E-state index contributed by atoms with van der Waals surface area (Å²) in [6, 6.07) is 5.04. The number of aromatic nitrogens is 2. The summed E-state index contributed by atoms with van der Waals surface area (Å²) in [4.78, 5) is 32.0. The van der Waals surface area contributed by atoms with E-state index < -0.39 is 5.92 Å². The fourth-order valence-corrected chi connectivity index (χ4v) is 4.01. The molecule has 164 valence electrons. The van der Waals surface area contributed by atoms with E-state index in [0.717, 1.165) is 24.8 Å². The van der Waals surface area contributed by atoms with Crippen molar-refractivity contribution in [3.05, 3.63) is 48.4 Å². The van der Waals surface area contributed by atoms with Gasteiger partial charge >= 0.3 is 11.9 Å². The number of benzene rings is 1. The van der Waals surface area contributed by atoms with Gasteiger partial charge in [-0.2, -0.15) is 19.3 Å². The van der Waals surface area contributed by atoms with E-state index in [1.807, 2.05) is 24.3 Å². The molecule has 0 saturated carbocycles. The highest BCUT2D eigenvalue weighted by Gasteiger charge is 2.46. The summed E-state index contributed by atoms with van der Waals surface area (Å²) in [6.45, 7) is 2.75. The van der Waals surface area contributed by atoms with Gasteiger partial charge in [-0.25, -0.2) is 4.79 Å². The van der Waals surface area contributed by atoms with Gasteiger partial charge < -0.3 is 14.0 Å². The highest BCUT2D eigenvalue weighted by molar-refractivity contribution is 6.16. The van der Waals surface area contributed by atoms with Crippen molar-refractivity contribution in [3.63, 3.8) is 0 Å². The van der Waals surface area contributed by atoms with Gasteiger partial charge in [0.15, 0.2) is 18.0 Å². The van der Waals surface area contributed by atoms with E-state index in [0.29, 0.717) is 29.6 Å². The Hall–Kier alpha value is -3.75. The minimum Gasteiger partial charge on any atom is -0.454 e. The quantitative estimate of drug-likeness (QED) is 0.486. The normalized spacial score (nSPS) is 19.2. The van der Waals surface area contributed by atoms with Crippen LogP contribution in [0.4, 0.5) is 4.79 Å². The van der Waals surface area contributed by atoms with Gasteiger partial charge in [0.1, 0.15) is 11.6 Å². The fraction of sp³-hybridized carbons (Fsp3) is 0.348. The Kier molecular flexibility index (Phi) is 5.30. The number of carbonyl (C=O) groups is 2. The third-order valence-electron chi connectivity index (χ3n) is 5.68. The Balaban J connectivity index is 1.42. The number of allylic oxidation sites excluding steroid dienone is 3. The van der Waals surface area contributed by atoms with Crippen molar-refractivity contribution in [3.8, 4) is 22.9 Å². The van der Waals surface area contributed by atoms with Gasteiger partial charge in [-0.05, 0) is 37.1 Å². The number of urea groups is 1. The lowest BCUT2D eigenvalue weighted by atomic mass is 9.94. The number of carbonyl (C=O) groups excluding carboxylic acids is 2. The smallest absolute Gasteiger partial charge is 0.454 e. The lowest BCUT2D eigenvalue weighted by molar-refractivity contribution is -0.460. The molecule has 0 radical (unpaired) electrons. The van der Waals surface area contributed by atoms with Crippen molar-refractivity contribution in [2.45, 2.75) is 32.7 Å². The van der Waals surface area contributed by atoms with E-state index in [2.05, 4.69) is 17.1 Å². The topological polar surface area (TPSA) is 97.8 Å². The highest BCUT2D eigenvalue weighted by atomic mass is 16.7. The Morgan fingerprint density at radius 1 is 1.16 bits per heavy atom. The van der Waals surface area contributed by atoms with Crippen LogP contribution in [0.3, 0.4) is 0 Å². The number of unbranched alkanes of at least 4 members (excludes halogenated alkanes) is 2. The number of fused-ring (bicyclic) bond motifs is 2. The standard InChI is InChI=1S/C23H23N4O5/c1-2-3-6-11-26-22(28)16-7-4-5-8-17(16)27(23(26)29)13-20-24-21(25-32-20)15-9-10-18-19(12-15)31-14-30-18/h4-5,7-10,12,16H,2-3,6,11,13-14H2,1H3/q+1. The summed E-state index contributed by atoms with van der Waals surface area (Å²) in [5.41, 5.74) is 1.34. The summed E-state index contributed by atoms with van der Waals surface area (Å²) in [5.74, 6) is 1.28. The molecule has 0 N–H and O–H groups in total. The summed E-state index contributed by atoms with van der Waals surface area (Å²) in [7, 11) is 0. The van der Waals surface area contributed by atoms with E-state index in [1.165, 1.54) is 4.90 Å². The Bertz CT molecular complexity index is 1160. The molecule has 0 bridgehead atoms. The lowest BCUT2D eigenvalue weighted by Crippen LogP contribution is -2.54. The van der Waals surface area contributed by atoms with Crippen LogP contribution in [0.1, 0.15) is 32.1 Å². The number of hydrogen-bond donors (Lipinski definition) is 0. The van der Waals surface area contributed by atoms with Gasteiger partial charge in [0.2, 0.25) is 12.6 Å². The maximum atomic E-state index is 13.2. The summed E-state index contributed by atoms with van der Waals surface area (Å²) >= 11 is 0. The molecule has 1 aromatic carbocycles. The molecule has 1 aliphatic carbocycles. The van der Waals surface area contributed by atoms with Gasteiger partial charge in [0, 0.05) is 5.56 Å². The van der Waals surface area contributed by atoms with Crippen molar-refractivity contribution in [2.75, 3.05) is 13.3 Å². The maximum Gasteiger partial charge on any atom is 0.501 e. The molecule has 2 aromatic rings. The van der Waals surface area contributed by atoms with Crippen molar-refractivity contribution >= 4 is 17.6 Å². The predicted molar refractivity (Wildman–Crippen MR) is 113 cm³/mol. The largest absolute Gasteiger partial charge is 0.501 e. The van der Waals surface area contributed by atoms with Gasteiger partial charge in [0.25, 0.3) is 5.89 Å². The molecule has 0 fully saturated rings. The van der Waals surface area contributed by atoms with Crippen LogP contribution < -0.4 is 9.47 Å². The Labute approximate surface area is 184 Å². The Morgan fingerprint density at radius 3 is 2.91 bits per heavy atom. The molecular formula is C23H23N4O5+. The molecule has 3 amide bonds. The zero-order chi connectivity index (χ0) is 22.1. The first-order valence-electron chi connectivity index (χ1n) is 10.7. The van der Waals surface area contributed by atoms with Gasteiger partial charge in [-0.1, -0.05) is 36.7 Å². The molecule has 3 heterocycles. The molecule has 1 unspecified atom stereocenters. The molecule has 5 rings (SSSR count). The molecule has 9 nitrogen and oxygen atoms in total. The van der Waals surface area contributed by atoms with E-state index in [4.69, 9.17) is 14.0 Å². The minimum absolute atomic E-state index is 0.0813. The van der Waals surface area contributed by atoms with Crippen LogP contribution in [0.15, 0.2) is 47.0 Å². The SMILES string of the molecule is CCCCCN1C(=O)C2C=CC=CC2=[N+](Cc2nc(-c3ccc4c(c3)OCO4)no2)C1=O. The number of rotatable bonds is 7. The van der Waals surface area contributed by atoms with Crippen molar-refractivity contribution in [1.82, 2.24) is 15.0 Å². The predicted octanol–water partition coefficient (Wildman–Crippen LogP) is 3.31. The monoisotopic (exact) mass is 435 g/mol. The molecule has 0 spiro atoms. The molecule has 9 heteroatoms. The van der Waals surface area contributed by atoms with E-state index in [1.54, 1.807) is 22.8 Å². The lowest BCUT2D eigenvalue weighted by Gasteiger charge is -2.26. The highest BCUT2D eigenvalue weighted by Crippen LogP contribution is 2.35. The van der Waals surface area contributed by atoms with Crippen molar-refractivity contribution in [2.24, 2.45) is 5.92 Å². The third-order valence-corrected chi connectivity index (χ3v) is 5.68. The Morgan fingerprint density at radius 2 is 2.03 bits per heavy atom. The van der Waals surface area contributed by atoms with Gasteiger partial charge in [-0.3, -0.25) is 0 Å². The molecule has 32 heavy (non-hydrogen) atoms. The van der Waals surface area contributed by atoms with E-state index >= 15 is 0 Å². The van der Waals surface area contributed by atoms with Crippen molar-refractivity contribution in [1.29, 1.82) is 0 Å². The van der Waals surface area contributed by atoms with Crippen LogP contribution in [-0.4, -0.2) is 50.6 Å². The number of imide groups is 1. The van der Waals surface area contributed by atoms with Crippen LogP contribution in [0.5, 0.6) is 11.5 Å². The summed E-state index contributed by atoms with van der Waals surface area (Å²) < 4.78 is 17.7. The van der Waals surface area contributed by atoms with Crippen LogP contribution >= 0.6 is 0 Å². The maximum absolute atomic E-state index is 13.2. The first kappa shape index (κ1) is 20.2. The second-order valence-electron chi connectivity index (χ2n) is 7.79. The average molecular weight is 435 g/mol. The number of amides is 3. The zero-order valence-corrected chi connectivity index (χ0v) is 17.7. The number of ether oxygens (including phenoxy) is 2. The van der Waals surface area contributed by atoms with Crippen molar-refractivity contribution < 1.29 is 28.2 Å². The summed E-state index contributed by atoms with van der Waals surface area (Å²) in [5, 5.41) is 4.06. The van der Waals surface area contributed by atoms with Crippen LogP contribution in [0.2, 0.25) is 0 Å². The second kappa shape index (κ2) is 8.41. The van der Waals surface area contributed by atoms with Crippen LogP contribution in [0.25, 0.3) is 11.4 Å². The molecular weight excluding hydrogens is 412 g/mol. The molecule has 2 aliphatic heterocycles. The molecule has 3 aliphatic rings. The van der Waals surface area contributed by atoms with Crippen LogP contribution in [-0.2, 0) is 11.3 Å². The third kappa shape index (κ3) is 3.59.